The van der Waals surface area contributed by atoms with Gasteiger partial charge in [0.05, 0.1) is 19.3 Å². The molecule has 1 aromatic rings. The second-order valence-corrected chi connectivity index (χ2v) is 7.57. The molecule has 3 rings (SSSR count). The van der Waals surface area contributed by atoms with Crippen molar-refractivity contribution in [3.8, 4) is 0 Å². The molecule has 2 aliphatic rings. The van der Waals surface area contributed by atoms with Crippen LogP contribution < -0.4 is 5.32 Å². The molecule has 1 aromatic carbocycles. The zero-order valence-corrected chi connectivity index (χ0v) is 16.2. The number of ether oxygens (including phenoxy) is 2. The molecule has 2 heterocycles. The summed E-state index contributed by atoms with van der Waals surface area (Å²) in [6.45, 7) is 9.54. The van der Waals surface area contributed by atoms with E-state index < -0.39 is 0 Å². The fraction of sp³-hybridized carbons (Fsp3) is 0.667. The Balaban J connectivity index is 1.62. The summed E-state index contributed by atoms with van der Waals surface area (Å²) in [6.07, 6.45) is 3.14. The van der Waals surface area contributed by atoms with Crippen molar-refractivity contribution in [3.63, 3.8) is 0 Å². The van der Waals surface area contributed by atoms with Crippen LogP contribution in [0.15, 0.2) is 24.3 Å². The molecule has 2 aliphatic heterocycles. The number of nitrogens with zero attached hydrogens (tertiary/aromatic N) is 1. The van der Waals surface area contributed by atoms with Gasteiger partial charge in [-0.1, -0.05) is 32.0 Å². The minimum atomic E-state index is -0.163. The Labute approximate surface area is 157 Å². The van der Waals surface area contributed by atoms with Crippen LogP contribution >= 0.6 is 0 Å². The van der Waals surface area contributed by atoms with E-state index in [4.69, 9.17) is 9.47 Å². The van der Waals surface area contributed by atoms with Crippen LogP contribution in [-0.4, -0.2) is 49.4 Å². The average Bonchev–Trinajstić information content (AvgIpc) is 3.22. The molecule has 0 bridgehead atoms. The number of para-hydroxylation sites is 1. The zero-order valence-electron chi connectivity index (χ0n) is 16.2. The summed E-state index contributed by atoms with van der Waals surface area (Å²) in [5.74, 6) is 0.849. The van der Waals surface area contributed by atoms with Gasteiger partial charge in [-0.15, -0.1) is 0 Å². The third-order valence-electron chi connectivity index (χ3n) is 5.81. The summed E-state index contributed by atoms with van der Waals surface area (Å²) in [6, 6.07) is 7.98. The molecule has 144 valence electrons. The number of nitrogens with one attached hydrogen (secondary N) is 1. The Morgan fingerprint density at radius 3 is 2.73 bits per heavy atom. The van der Waals surface area contributed by atoms with Gasteiger partial charge in [0.2, 0.25) is 5.91 Å². The SMILES string of the molecule is CCC(C)c1ccccc1NC(=O)C(C)N1CCCC(C2OCCO2)C1. The maximum atomic E-state index is 12.9. The molecule has 0 spiro atoms. The Kier molecular flexibility index (Phi) is 6.68. The predicted molar refractivity (Wildman–Crippen MR) is 103 cm³/mol. The van der Waals surface area contributed by atoms with Crippen LogP contribution in [0, 0.1) is 5.92 Å². The lowest BCUT2D eigenvalue weighted by Gasteiger charge is -2.37. The third-order valence-corrected chi connectivity index (χ3v) is 5.81. The van der Waals surface area contributed by atoms with Gasteiger partial charge in [-0.05, 0) is 50.3 Å². The number of rotatable bonds is 6. The van der Waals surface area contributed by atoms with Gasteiger partial charge in [-0.2, -0.15) is 0 Å². The van der Waals surface area contributed by atoms with Crippen LogP contribution in [0.1, 0.15) is 51.5 Å². The van der Waals surface area contributed by atoms with Gasteiger partial charge in [0.25, 0.3) is 0 Å². The largest absolute Gasteiger partial charge is 0.350 e. The van der Waals surface area contributed by atoms with Crippen LogP contribution in [-0.2, 0) is 14.3 Å². The summed E-state index contributed by atoms with van der Waals surface area (Å²) in [5, 5.41) is 3.16. The third kappa shape index (κ3) is 4.45. The van der Waals surface area contributed by atoms with E-state index in [1.807, 2.05) is 25.1 Å². The van der Waals surface area contributed by atoms with Crippen LogP contribution in [0.4, 0.5) is 5.69 Å². The molecule has 3 atom stereocenters. The second kappa shape index (κ2) is 8.98. The highest BCUT2D eigenvalue weighted by molar-refractivity contribution is 5.95. The first-order valence-electron chi connectivity index (χ1n) is 9.97. The number of carbonyl (C=O) groups is 1. The maximum absolute atomic E-state index is 12.9. The molecule has 2 saturated heterocycles. The fourth-order valence-electron chi connectivity index (χ4n) is 3.93. The van der Waals surface area contributed by atoms with E-state index in [2.05, 4.69) is 30.1 Å². The predicted octanol–water partition coefficient (Wildman–Crippen LogP) is 3.61. The van der Waals surface area contributed by atoms with E-state index in [1.165, 1.54) is 5.56 Å². The van der Waals surface area contributed by atoms with Gasteiger partial charge < -0.3 is 14.8 Å². The molecule has 1 N–H and O–H groups in total. The lowest BCUT2D eigenvalue weighted by molar-refractivity contribution is -0.126. The van der Waals surface area contributed by atoms with Gasteiger partial charge in [0, 0.05) is 18.2 Å². The van der Waals surface area contributed by atoms with Crippen molar-refractivity contribution in [3.05, 3.63) is 29.8 Å². The molecular weight excluding hydrogens is 328 g/mol. The second-order valence-electron chi connectivity index (χ2n) is 7.57. The molecule has 26 heavy (non-hydrogen) atoms. The maximum Gasteiger partial charge on any atom is 0.241 e. The monoisotopic (exact) mass is 360 g/mol. The molecular formula is C21H32N2O3. The molecule has 2 fully saturated rings. The van der Waals surface area contributed by atoms with Gasteiger partial charge in [0.15, 0.2) is 6.29 Å². The van der Waals surface area contributed by atoms with E-state index in [-0.39, 0.29) is 18.2 Å². The fourth-order valence-corrected chi connectivity index (χ4v) is 3.93. The highest BCUT2D eigenvalue weighted by Crippen LogP contribution is 2.28. The standard InChI is InChI=1S/C21H32N2O3/c1-4-15(2)18-9-5-6-10-19(18)22-20(24)16(3)23-11-7-8-17(14-23)21-25-12-13-26-21/h5-6,9-10,15-17,21H,4,7-8,11-14H2,1-3H3,(H,22,24). The zero-order chi connectivity index (χ0) is 18.5. The Morgan fingerprint density at radius 2 is 2.00 bits per heavy atom. The van der Waals surface area contributed by atoms with Crippen LogP contribution in [0.3, 0.4) is 0 Å². The van der Waals surface area contributed by atoms with Crippen molar-refractivity contribution in [1.29, 1.82) is 0 Å². The van der Waals surface area contributed by atoms with E-state index in [9.17, 15) is 4.79 Å². The van der Waals surface area contributed by atoms with Crippen molar-refractivity contribution in [2.45, 2.75) is 58.3 Å². The number of piperidine rings is 1. The smallest absolute Gasteiger partial charge is 0.241 e. The lowest BCUT2D eigenvalue weighted by atomic mass is 9.95. The van der Waals surface area contributed by atoms with E-state index in [0.717, 1.165) is 38.0 Å². The average molecular weight is 360 g/mol. The summed E-state index contributed by atoms with van der Waals surface area (Å²) in [7, 11) is 0. The Bertz CT molecular complexity index is 601. The van der Waals surface area contributed by atoms with Crippen LogP contribution in [0.25, 0.3) is 0 Å². The number of anilines is 1. The van der Waals surface area contributed by atoms with E-state index in [0.29, 0.717) is 25.0 Å². The van der Waals surface area contributed by atoms with Crippen molar-refractivity contribution in [2.24, 2.45) is 5.92 Å². The molecule has 1 amide bonds. The van der Waals surface area contributed by atoms with E-state index in [1.54, 1.807) is 0 Å². The van der Waals surface area contributed by atoms with Crippen molar-refractivity contribution < 1.29 is 14.3 Å². The number of hydrogen-bond acceptors (Lipinski definition) is 4. The quantitative estimate of drug-likeness (QED) is 0.842. The highest BCUT2D eigenvalue weighted by atomic mass is 16.7. The number of carbonyl (C=O) groups excluding carboxylic acids is 1. The highest BCUT2D eigenvalue weighted by Gasteiger charge is 2.34. The Hall–Kier alpha value is -1.43. The summed E-state index contributed by atoms with van der Waals surface area (Å²) >= 11 is 0. The molecule has 5 heteroatoms. The molecule has 0 aromatic heterocycles. The Morgan fingerprint density at radius 1 is 1.27 bits per heavy atom. The summed E-state index contributed by atoms with van der Waals surface area (Å²) < 4.78 is 11.4. The van der Waals surface area contributed by atoms with Crippen molar-refractivity contribution >= 4 is 11.6 Å². The first kappa shape index (κ1) is 19.3. The summed E-state index contributed by atoms with van der Waals surface area (Å²) in [5.41, 5.74) is 2.15. The minimum absolute atomic E-state index is 0.0645. The molecule has 0 aliphatic carbocycles. The number of benzene rings is 1. The van der Waals surface area contributed by atoms with Crippen molar-refractivity contribution in [2.75, 3.05) is 31.6 Å². The number of hydrogen-bond donors (Lipinski definition) is 1. The minimum Gasteiger partial charge on any atom is -0.350 e. The van der Waals surface area contributed by atoms with Gasteiger partial charge in [-0.25, -0.2) is 0 Å². The summed E-state index contributed by atoms with van der Waals surface area (Å²) in [4.78, 5) is 15.2. The normalized spacial score (nSPS) is 24.3. The molecule has 5 nitrogen and oxygen atoms in total. The number of amides is 1. The van der Waals surface area contributed by atoms with Crippen LogP contribution in [0.2, 0.25) is 0 Å². The lowest BCUT2D eigenvalue weighted by Crippen LogP contribution is -2.49. The van der Waals surface area contributed by atoms with Gasteiger partial charge in [-0.3, -0.25) is 9.69 Å². The van der Waals surface area contributed by atoms with E-state index >= 15 is 0 Å². The van der Waals surface area contributed by atoms with Gasteiger partial charge in [0.1, 0.15) is 0 Å². The van der Waals surface area contributed by atoms with Gasteiger partial charge >= 0.3 is 0 Å². The first-order valence-corrected chi connectivity index (χ1v) is 9.97. The first-order chi connectivity index (χ1) is 12.6. The number of likely N-dealkylation sites (tertiary alicyclic amines) is 1. The van der Waals surface area contributed by atoms with Crippen molar-refractivity contribution in [1.82, 2.24) is 4.90 Å². The molecule has 0 radical (unpaired) electrons. The molecule has 0 saturated carbocycles. The van der Waals surface area contributed by atoms with Crippen LogP contribution in [0.5, 0.6) is 0 Å². The molecule has 3 unspecified atom stereocenters. The topological polar surface area (TPSA) is 50.8 Å².